The highest BCUT2D eigenvalue weighted by molar-refractivity contribution is 5.95. The summed E-state index contributed by atoms with van der Waals surface area (Å²) in [5.41, 5.74) is 6.91. The minimum Gasteiger partial charge on any atom is -0.453 e. The van der Waals surface area contributed by atoms with Crippen LogP contribution in [0.15, 0.2) is 24.3 Å². The van der Waals surface area contributed by atoms with Crippen molar-refractivity contribution in [3.63, 3.8) is 0 Å². The van der Waals surface area contributed by atoms with Crippen molar-refractivity contribution < 1.29 is 14.3 Å². The third kappa shape index (κ3) is 5.27. The number of anilines is 2. The molecule has 0 aliphatic rings. The highest BCUT2D eigenvalue weighted by atomic mass is 16.5. The van der Waals surface area contributed by atoms with Crippen LogP contribution in [0.4, 0.5) is 16.2 Å². The van der Waals surface area contributed by atoms with Crippen molar-refractivity contribution in [2.24, 2.45) is 11.7 Å². The molecule has 1 aromatic rings. The van der Waals surface area contributed by atoms with E-state index in [0.29, 0.717) is 23.7 Å². The molecule has 1 aromatic carbocycles. The first-order valence-electron chi connectivity index (χ1n) is 6.44. The van der Waals surface area contributed by atoms with E-state index < -0.39 is 12.1 Å². The van der Waals surface area contributed by atoms with Gasteiger partial charge >= 0.3 is 6.09 Å². The molecule has 0 aliphatic heterocycles. The van der Waals surface area contributed by atoms with E-state index in [2.05, 4.69) is 15.4 Å². The average molecular weight is 279 g/mol. The fourth-order valence-corrected chi connectivity index (χ4v) is 1.69. The lowest BCUT2D eigenvalue weighted by atomic mass is 10.0. The van der Waals surface area contributed by atoms with Crippen molar-refractivity contribution in [1.29, 1.82) is 0 Å². The van der Waals surface area contributed by atoms with Crippen molar-refractivity contribution in [2.45, 2.75) is 26.3 Å². The summed E-state index contributed by atoms with van der Waals surface area (Å²) in [6, 6.07) is 6.22. The molecule has 2 amide bonds. The van der Waals surface area contributed by atoms with Crippen LogP contribution < -0.4 is 16.4 Å². The van der Waals surface area contributed by atoms with Gasteiger partial charge in [0.15, 0.2) is 0 Å². The quantitative estimate of drug-likeness (QED) is 0.770. The number of benzene rings is 1. The van der Waals surface area contributed by atoms with Crippen LogP contribution in [0, 0.1) is 5.92 Å². The van der Waals surface area contributed by atoms with Gasteiger partial charge in [0.25, 0.3) is 0 Å². The smallest absolute Gasteiger partial charge is 0.411 e. The van der Waals surface area contributed by atoms with Crippen molar-refractivity contribution >= 4 is 23.4 Å². The van der Waals surface area contributed by atoms with Gasteiger partial charge in [-0.1, -0.05) is 19.9 Å². The Balaban J connectivity index is 2.66. The molecule has 0 radical (unpaired) electrons. The first kappa shape index (κ1) is 16.0. The number of hydrogen-bond donors (Lipinski definition) is 3. The Hall–Kier alpha value is -2.08. The van der Waals surface area contributed by atoms with Crippen LogP contribution in [0.5, 0.6) is 0 Å². The fourth-order valence-electron chi connectivity index (χ4n) is 1.69. The van der Waals surface area contributed by atoms with Crippen molar-refractivity contribution in [2.75, 3.05) is 17.7 Å². The number of nitrogens with one attached hydrogen (secondary N) is 2. The van der Waals surface area contributed by atoms with Crippen LogP contribution in [-0.2, 0) is 9.53 Å². The zero-order valence-corrected chi connectivity index (χ0v) is 12.0. The number of methoxy groups -OCH3 is 1. The number of rotatable bonds is 5. The Kier molecular flexibility index (Phi) is 5.99. The Morgan fingerprint density at radius 3 is 2.40 bits per heavy atom. The summed E-state index contributed by atoms with van der Waals surface area (Å²) in [6.45, 7) is 4.02. The van der Waals surface area contributed by atoms with Gasteiger partial charge in [0.05, 0.1) is 13.2 Å². The molecule has 0 fully saturated rings. The van der Waals surface area contributed by atoms with Crippen LogP contribution in [0.2, 0.25) is 0 Å². The third-order valence-electron chi connectivity index (χ3n) is 2.62. The highest BCUT2D eigenvalue weighted by Crippen LogP contribution is 2.16. The van der Waals surface area contributed by atoms with E-state index in [9.17, 15) is 9.59 Å². The van der Waals surface area contributed by atoms with Gasteiger partial charge in [0, 0.05) is 11.4 Å². The van der Waals surface area contributed by atoms with Gasteiger partial charge < -0.3 is 15.8 Å². The molecule has 0 heterocycles. The SMILES string of the molecule is COC(=O)Nc1cccc(NC(=O)C(N)CC(C)C)c1. The van der Waals surface area contributed by atoms with Gasteiger partial charge in [0.2, 0.25) is 5.91 Å². The Labute approximate surface area is 118 Å². The second kappa shape index (κ2) is 7.49. The average Bonchev–Trinajstić information content (AvgIpc) is 2.38. The third-order valence-corrected chi connectivity index (χ3v) is 2.62. The number of nitrogens with two attached hydrogens (primary N) is 1. The molecule has 4 N–H and O–H groups in total. The van der Waals surface area contributed by atoms with Crippen LogP contribution in [-0.4, -0.2) is 25.2 Å². The highest BCUT2D eigenvalue weighted by Gasteiger charge is 2.15. The maximum atomic E-state index is 11.9. The van der Waals surface area contributed by atoms with E-state index in [0.717, 1.165) is 0 Å². The molecule has 1 unspecified atom stereocenters. The topological polar surface area (TPSA) is 93.5 Å². The van der Waals surface area contributed by atoms with Gasteiger partial charge in [-0.2, -0.15) is 0 Å². The van der Waals surface area contributed by atoms with E-state index in [4.69, 9.17) is 5.73 Å². The Morgan fingerprint density at radius 2 is 1.85 bits per heavy atom. The summed E-state index contributed by atoms with van der Waals surface area (Å²) in [5, 5.41) is 5.25. The van der Waals surface area contributed by atoms with Crippen LogP contribution in [0.25, 0.3) is 0 Å². The molecule has 1 rings (SSSR count). The van der Waals surface area contributed by atoms with Crippen LogP contribution >= 0.6 is 0 Å². The first-order chi connectivity index (χ1) is 9.42. The molecule has 110 valence electrons. The molecule has 0 spiro atoms. The van der Waals surface area contributed by atoms with E-state index in [1.165, 1.54) is 7.11 Å². The zero-order chi connectivity index (χ0) is 15.1. The van der Waals surface area contributed by atoms with Crippen LogP contribution in [0.1, 0.15) is 20.3 Å². The molecule has 0 saturated carbocycles. The van der Waals surface area contributed by atoms with Gasteiger partial charge in [-0.05, 0) is 30.5 Å². The molecule has 0 saturated heterocycles. The number of carbonyl (C=O) groups is 2. The van der Waals surface area contributed by atoms with Gasteiger partial charge in [-0.25, -0.2) is 4.79 Å². The molecule has 20 heavy (non-hydrogen) atoms. The minimum atomic E-state index is -0.565. The number of hydrogen-bond acceptors (Lipinski definition) is 4. The predicted molar refractivity (Wildman–Crippen MR) is 78.5 cm³/mol. The zero-order valence-electron chi connectivity index (χ0n) is 12.0. The van der Waals surface area contributed by atoms with Crippen molar-refractivity contribution in [3.8, 4) is 0 Å². The predicted octanol–water partition coefficient (Wildman–Crippen LogP) is 2.18. The summed E-state index contributed by atoms with van der Waals surface area (Å²) < 4.78 is 4.50. The molecular formula is C14H21N3O3. The van der Waals surface area contributed by atoms with Crippen molar-refractivity contribution in [3.05, 3.63) is 24.3 Å². The molecule has 6 heteroatoms. The Morgan fingerprint density at radius 1 is 1.25 bits per heavy atom. The minimum absolute atomic E-state index is 0.242. The first-order valence-corrected chi connectivity index (χ1v) is 6.44. The lowest BCUT2D eigenvalue weighted by Crippen LogP contribution is -2.36. The summed E-state index contributed by atoms with van der Waals surface area (Å²) in [6.07, 6.45) is 0.0522. The van der Waals surface area contributed by atoms with Gasteiger partial charge in [0.1, 0.15) is 0 Å². The normalized spacial score (nSPS) is 11.8. The number of ether oxygens (including phenoxy) is 1. The van der Waals surface area contributed by atoms with Crippen molar-refractivity contribution in [1.82, 2.24) is 0 Å². The van der Waals surface area contributed by atoms with E-state index in [1.54, 1.807) is 24.3 Å². The summed E-state index contributed by atoms with van der Waals surface area (Å²) in [5.74, 6) is 0.108. The molecule has 0 aliphatic carbocycles. The molecule has 1 atom stereocenters. The van der Waals surface area contributed by atoms with E-state index in [-0.39, 0.29) is 5.91 Å². The van der Waals surface area contributed by atoms with Gasteiger partial charge in [-0.15, -0.1) is 0 Å². The summed E-state index contributed by atoms with van der Waals surface area (Å²) in [7, 11) is 1.28. The second-order valence-electron chi connectivity index (χ2n) is 4.92. The fraction of sp³-hybridized carbons (Fsp3) is 0.429. The largest absolute Gasteiger partial charge is 0.453 e. The van der Waals surface area contributed by atoms with Crippen LogP contribution in [0.3, 0.4) is 0 Å². The van der Waals surface area contributed by atoms with E-state index >= 15 is 0 Å². The molecule has 0 bridgehead atoms. The Bertz CT molecular complexity index is 474. The number of carbonyl (C=O) groups excluding carboxylic acids is 2. The lowest BCUT2D eigenvalue weighted by Gasteiger charge is -2.14. The monoisotopic (exact) mass is 279 g/mol. The molecular weight excluding hydrogens is 258 g/mol. The second-order valence-corrected chi connectivity index (χ2v) is 4.92. The molecule has 6 nitrogen and oxygen atoms in total. The summed E-state index contributed by atoms with van der Waals surface area (Å²) in [4.78, 5) is 23.0. The van der Waals surface area contributed by atoms with Gasteiger partial charge in [-0.3, -0.25) is 10.1 Å². The number of amides is 2. The lowest BCUT2D eigenvalue weighted by molar-refractivity contribution is -0.117. The summed E-state index contributed by atoms with van der Waals surface area (Å²) >= 11 is 0. The standard InChI is InChI=1S/C14H21N3O3/c1-9(2)7-12(15)13(18)16-10-5-4-6-11(8-10)17-14(19)20-3/h4-6,8-9,12H,7,15H2,1-3H3,(H,16,18)(H,17,19). The maximum Gasteiger partial charge on any atom is 0.411 e. The molecule has 0 aromatic heterocycles. The van der Waals surface area contributed by atoms with E-state index in [1.807, 2.05) is 13.8 Å². The maximum absolute atomic E-state index is 11.9.